The minimum Gasteiger partial charge on any atom is -0.481 e. The van der Waals surface area contributed by atoms with Crippen molar-refractivity contribution in [3.8, 4) is 5.75 Å². The van der Waals surface area contributed by atoms with Gasteiger partial charge in [0, 0.05) is 30.6 Å². The van der Waals surface area contributed by atoms with Gasteiger partial charge in [0.05, 0.1) is 5.02 Å². The monoisotopic (exact) mass is 461 g/mol. The van der Waals surface area contributed by atoms with Gasteiger partial charge in [-0.3, -0.25) is 5.41 Å². The zero-order valence-electron chi connectivity index (χ0n) is 15.5. The summed E-state index contributed by atoms with van der Waals surface area (Å²) in [6.07, 6.45) is 0.00141. The van der Waals surface area contributed by atoms with E-state index in [1.807, 2.05) is 4.57 Å². The lowest BCUT2D eigenvalue weighted by atomic mass is 10.1. The summed E-state index contributed by atoms with van der Waals surface area (Å²) in [4.78, 5) is 20.6. The van der Waals surface area contributed by atoms with Gasteiger partial charge in [-0.2, -0.15) is 4.37 Å². The molecule has 0 aliphatic carbocycles. The van der Waals surface area contributed by atoms with Crippen LogP contribution in [-0.2, 0) is 22.6 Å². The predicted molar refractivity (Wildman–Crippen MR) is 107 cm³/mol. The van der Waals surface area contributed by atoms with E-state index < -0.39 is 17.9 Å². The summed E-state index contributed by atoms with van der Waals surface area (Å²) in [5.41, 5.74) is 2.19. The average molecular weight is 462 g/mol. The molecule has 2 aromatic rings. The van der Waals surface area contributed by atoms with E-state index in [9.17, 15) is 9.18 Å². The van der Waals surface area contributed by atoms with Crippen molar-refractivity contribution in [3.05, 3.63) is 33.6 Å². The quantitative estimate of drug-likeness (QED) is 0.308. The summed E-state index contributed by atoms with van der Waals surface area (Å²) in [6, 6.07) is 2.46. The summed E-state index contributed by atoms with van der Waals surface area (Å²) in [6.45, 7) is 4.44. The number of alkyl halides is 1. The van der Waals surface area contributed by atoms with Crippen LogP contribution in [0, 0.1) is 17.1 Å². The first-order valence-electron chi connectivity index (χ1n) is 8.64. The molecule has 29 heavy (non-hydrogen) atoms. The Kier molecular flexibility index (Phi) is 6.76. The number of carbonyl (C=O) groups excluding carboxylic acids is 1. The summed E-state index contributed by atoms with van der Waals surface area (Å²) in [5.74, 6) is -0.419. The molecule has 3 rings (SSSR count). The van der Waals surface area contributed by atoms with Gasteiger partial charge in [0.2, 0.25) is 4.80 Å². The van der Waals surface area contributed by atoms with E-state index in [1.54, 1.807) is 0 Å². The van der Waals surface area contributed by atoms with Crippen LogP contribution >= 0.6 is 34.7 Å². The molecule has 1 aliphatic rings. The van der Waals surface area contributed by atoms with Gasteiger partial charge in [0.25, 0.3) is 0 Å². The van der Waals surface area contributed by atoms with Crippen molar-refractivity contribution >= 4 is 52.2 Å². The van der Waals surface area contributed by atoms with Crippen LogP contribution in [0.25, 0.3) is 0 Å². The van der Waals surface area contributed by atoms with Crippen LogP contribution in [0.5, 0.6) is 5.75 Å². The van der Waals surface area contributed by atoms with Gasteiger partial charge in [-0.1, -0.05) is 18.5 Å². The van der Waals surface area contributed by atoms with Crippen molar-refractivity contribution in [2.45, 2.75) is 32.9 Å². The molecule has 8 nitrogen and oxygen atoms in total. The molecule has 2 heterocycles. The molecule has 0 saturated carbocycles. The molecule has 1 aliphatic heterocycles. The lowest BCUT2D eigenvalue weighted by Gasteiger charge is -2.17. The van der Waals surface area contributed by atoms with Crippen molar-refractivity contribution in [1.82, 2.24) is 14.4 Å². The Morgan fingerprint density at radius 2 is 2.34 bits per heavy atom. The molecule has 0 saturated heterocycles. The third-order valence-electron chi connectivity index (χ3n) is 4.11. The van der Waals surface area contributed by atoms with Crippen LogP contribution in [0.2, 0.25) is 5.02 Å². The molecule has 0 amide bonds. The second-order valence-electron chi connectivity index (χ2n) is 6.53. The van der Waals surface area contributed by atoms with Crippen LogP contribution in [0.4, 0.5) is 10.1 Å². The molecule has 0 radical (unpaired) electrons. The number of nitrogens with one attached hydrogen (secondary N) is 2. The van der Waals surface area contributed by atoms with Crippen molar-refractivity contribution in [2.24, 2.45) is 10.9 Å². The highest BCUT2D eigenvalue weighted by molar-refractivity contribution is 7.02. The molecule has 2 N–H and O–H groups in total. The fourth-order valence-corrected chi connectivity index (χ4v) is 3.70. The van der Waals surface area contributed by atoms with E-state index in [0.717, 1.165) is 24.9 Å². The van der Waals surface area contributed by atoms with E-state index in [4.69, 9.17) is 33.3 Å². The van der Waals surface area contributed by atoms with Crippen LogP contribution < -0.4 is 15.0 Å². The number of aromatic nitrogens is 2. The highest BCUT2D eigenvalue weighted by Crippen LogP contribution is 2.32. The molecule has 0 bridgehead atoms. The molecular weight excluding hydrogens is 444 g/mol. The van der Waals surface area contributed by atoms with E-state index in [1.165, 1.54) is 24.5 Å². The number of rotatable bonds is 5. The second-order valence-corrected chi connectivity index (χ2v) is 7.94. The van der Waals surface area contributed by atoms with Crippen LogP contribution in [0.3, 0.4) is 0 Å². The summed E-state index contributed by atoms with van der Waals surface area (Å²) < 4.78 is 26.4. The van der Waals surface area contributed by atoms with Crippen molar-refractivity contribution in [2.75, 3.05) is 5.88 Å². The lowest BCUT2D eigenvalue weighted by molar-refractivity contribution is -0.144. The van der Waals surface area contributed by atoms with Crippen LogP contribution in [-0.4, -0.2) is 32.7 Å². The molecule has 0 spiro atoms. The predicted octanol–water partition coefficient (Wildman–Crippen LogP) is 3.19. The van der Waals surface area contributed by atoms with Crippen molar-refractivity contribution < 1.29 is 18.8 Å². The highest BCUT2D eigenvalue weighted by atomic mass is 35.5. The lowest BCUT2D eigenvalue weighted by Crippen LogP contribution is -2.37. The van der Waals surface area contributed by atoms with Crippen molar-refractivity contribution in [1.29, 1.82) is 5.41 Å². The summed E-state index contributed by atoms with van der Waals surface area (Å²) in [5, 5.41) is 7.86. The normalized spacial score (nSPS) is 17.0. The maximum Gasteiger partial charge on any atom is 0.346 e. The summed E-state index contributed by atoms with van der Waals surface area (Å²) >= 11 is 12.6. The fraction of sp³-hybridized carbons (Fsp3) is 0.412. The van der Waals surface area contributed by atoms with Crippen LogP contribution in [0.1, 0.15) is 19.7 Å². The molecule has 156 valence electrons. The Morgan fingerprint density at radius 3 is 3.07 bits per heavy atom. The van der Waals surface area contributed by atoms with Gasteiger partial charge in [-0.25, -0.2) is 19.7 Å². The topological polar surface area (TPSA) is 102 Å². The molecule has 1 aromatic heterocycles. The van der Waals surface area contributed by atoms with Crippen LogP contribution in [0.15, 0.2) is 17.1 Å². The average Bonchev–Trinajstić information content (AvgIpc) is 3.22. The third-order valence-corrected chi connectivity index (χ3v) is 5.40. The molecule has 0 fully saturated rings. The zero-order valence-corrected chi connectivity index (χ0v) is 17.9. The standard InChI is InChI=1S/C17H18Cl2FN5O3S/c1-8-3-14-24-29-17(25(14)7-8)22-12-5-13(10(19)4-11(12)20)27-9(2)16(21)23-28-15(26)6-18/h4-5,8-9H,3,6-7H2,1-2H3,(H2,21,23). The van der Waals surface area contributed by atoms with Gasteiger partial charge in [-0.15, -0.1) is 11.6 Å². The SMILES string of the molecule is CC1Cc2nsc(=Nc3cc(OC(C)C(=N)NOC(=O)CCl)c(Cl)cc3F)n2C1. The minimum absolute atomic E-state index is 0.0228. The van der Waals surface area contributed by atoms with E-state index >= 15 is 0 Å². The largest absolute Gasteiger partial charge is 0.481 e. The Balaban J connectivity index is 1.81. The number of halogens is 3. The van der Waals surface area contributed by atoms with Gasteiger partial charge in [-0.05, 0) is 18.9 Å². The maximum absolute atomic E-state index is 14.4. The number of ether oxygens (including phenoxy) is 1. The fourth-order valence-electron chi connectivity index (χ4n) is 2.67. The van der Waals surface area contributed by atoms with E-state index in [0.29, 0.717) is 10.7 Å². The maximum atomic E-state index is 14.4. The van der Waals surface area contributed by atoms with E-state index in [2.05, 4.69) is 26.6 Å². The molecule has 2 atom stereocenters. The number of nitrogens with zero attached hydrogens (tertiary/aromatic N) is 3. The van der Waals surface area contributed by atoms with Gasteiger partial charge in [0.1, 0.15) is 23.1 Å². The first kappa shape index (κ1) is 21.5. The number of benzene rings is 1. The number of carbonyl (C=O) groups is 1. The zero-order chi connectivity index (χ0) is 21.1. The molecule has 2 unspecified atom stereocenters. The van der Waals surface area contributed by atoms with Gasteiger partial charge in [0.15, 0.2) is 17.8 Å². The third kappa shape index (κ3) is 5.06. The Hall–Kier alpha value is -2.17. The summed E-state index contributed by atoms with van der Waals surface area (Å²) in [7, 11) is 0. The van der Waals surface area contributed by atoms with Gasteiger partial charge >= 0.3 is 5.97 Å². The number of hydroxylamine groups is 1. The molecule has 12 heteroatoms. The number of hydrogen-bond acceptors (Lipinski definition) is 7. The van der Waals surface area contributed by atoms with E-state index in [-0.39, 0.29) is 28.2 Å². The molecule has 1 aromatic carbocycles. The Labute approximate surface area is 179 Å². The highest BCUT2D eigenvalue weighted by Gasteiger charge is 2.21. The Bertz CT molecular complexity index is 1010. The molecular formula is C17H18Cl2FN5O3S. The van der Waals surface area contributed by atoms with Gasteiger partial charge < -0.3 is 14.1 Å². The van der Waals surface area contributed by atoms with Crippen molar-refractivity contribution in [3.63, 3.8) is 0 Å². The number of fused-ring (bicyclic) bond motifs is 1. The number of hydrogen-bond donors (Lipinski definition) is 2. The Morgan fingerprint density at radius 1 is 1.59 bits per heavy atom. The minimum atomic E-state index is -0.864. The number of amidine groups is 1. The smallest absolute Gasteiger partial charge is 0.346 e. The first-order valence-corrected chi connectivity index (χ1v) is 10.3. The first-order chi connectivity index (χ1) is 13.8. The second kappa shape index (κ2) is 9.10.